The lowest BCUT2D eigenvalue weighted by atomic mass is 10.0. The van der Waals surface area contributed by atoms with E-state index < -0.39 is 0 Å². The van der Waals surface area contributed by atoms with Crippen molar-refractivity contribution in [2.24, 2.45) is 5.16 Å². The summed E-state index contributed by atoms with van der Waals surface area (Å²) in [6.45, 7) is 3.82. The summed E-state index contributed by atoms with van der Waals surface area (Å²) in [7, 11) is 0. The number of nitrogens with zero attached hydrogens (tertiary/aromatic N) is 5. The monoisotopic (exact) mass is 517 g/mol. The molecule has 3 N–H and O–H groups in total. The first-order valence-electron chi connectivity index (χ1n) is 12.1. The first-order valence-corrected chi connectivity index (χ1v) is 12.9. The van der Waals surface area contributed by atoms with E-state index in [1.54, 1.807) is 11.0 Å². The lowest BCUT2D eigenvalue weighted by Crippen LogP contribution is -2.28. The van der Waals surface area contributed by atoms with E-state index >= 15 is 0 Å². The van der Waals surface area contributed by atoms with Gasteiger partial charge in [-0.2, -0.15) is 0 Å². The van der Waals surface area contributed by atoms with Crippen molar-refractivity contribution in [1.82, 2.24) is 24.8 Å². The number of aromatic nitrogens is 3. The SMILES string of the molecule is CCNC(=O)c1cc2c(/C(=N/OCCN3CCCC3=O)c3ccc(-n4cccc4)cc3)nc(N)nc2s1. The fourth-order valence-corrected chi connectivity index (χ4v) is 5.17. The highest BCUT2D eigenvalue weighted by atomic mass is 32.1. The van der Waals surface area contributed by atoms with Gasteiger partial charge in [0.15, 0.2) is 0 Å². The van der Waals surface area contributed by atoms with Crippen molar-refractivity contribution in [2.45, 2.75) is 19.8 Å². The number of nitrogens with two attached hydrogens (primary N) is 1. The Labute approximate surface area is 217 Å². The third kappa shape index (κ3) is 5.31. The Bertz CT molecular complexity index is 1450. The van der Waals surface area contributed by atoms with Crippen LogP contribution in [0.25, 0.3) is 15.9 Å². The Morgan fingerprint density at radius 1 is 1.22 bits per heavy atom. The van der Waals surface area contributed by atoms with E-state index in [9.17, 15) is 9.59 Å². The fraction of sp³-hybridized carbons (Fsp3) is 0.269. The van der Waals surface area contributed by atoms with Crippen molar-refractivity contribution in [3.63, 3.8) is 0 Å². The second-order valence-corrected chi connectivity index (χ2v) is 9.54. The highest BCUT2D eigenvalue weighted by molar-refractivity contribution is 7.20. The molecule has 4 heterocycles. The Hall–Kier alpha value is -4.25. The van der Waals surface area contributed by atoms with E-state index in [0.29, 0.717) is 46.0 Å². The van der Waals surface area contributed by atoms with Crippen LogP contribution in [0.15, 0.2) is 60.0 Å². The van der Waals surface area contributed by atoms with Gasteiger partial charge in [-0.25, -0.2) is 9.97 Å². The maximum absolute atomic E-state index is 12.5. The largest absolute Gasteiger partial charge is 0.393 e. The standard InChI is InChI=1S/C26H27N7O3S/c1-2-28-24(35)20-16-19-23(29-26(27)30-25(19)37-20)22(31-36-15-14-33-13-5-6-21(33)34)17-7-9-18(10-8-17)32-11-3-4-12-32/h3-4,7-12,16H,2,5-6,13-15H2,1H3,(H,28,35)(H2,27,29,30)/b31-22+. The number of hydrogen-bond acceptors (Lipinski definition) is 8. The van der Waals surface area contributed by atoms with Crippen molar-refractivity contribution < 1.29 is 14.4 Å². The highest BCUT2D eigenvalue weighted by Gasteiger charge is 2.22. The van der Waals surface area contributed by atoms with Crippen LogP contribution in [0.4, 0.5) is 5.95 Å². The molecule has 0 unspecified atom stereocenters. The number of benzene rings is 1. The van der Waals surface area contributed by atoms with Crippen LogP contribution in [0.2, 0.25) is 0 Å². The Morgan fingerprint density at radius 3 is 2.70 bits per heavy atom. The quantitative estimate of drug-likeness (QED) is 0.199. The number of hydrogen-bond donors (Lipinski definition) is 2. The van der Waals surface area contributed by atoms with Crippen molar-refractivity contribution in [3.8, 4) is 5.69 Å². The molecule has 0 atom stereocenters. The number of fused-ring (bicyclic) bond motifs is 1. The molecule has 2 amide bonds. The topological polar surface area (TPSA) is 128 Å². The van der Waals surface area contributed by atoms with E-state index in [1.807, 2.05) is 60.3 Å². The first-order chi connectivity index (χ1) is 18.0. The molecule has 1 aliphatic rings. The average molecular weight is 518 g/mol. The van der Waals surface area contributed by atoms with Gasteiger partial charge in [-0.3, -0.25) is 9.59 Å². The molecule has 5 rings (SSSR count). The van der Waals surface area contributed by atoms with Crippen molar-refractivity contribution in [1.29, 1.82) is 0 Å². The van der Waals surface area contributed by atoms with E-state index in [1.165, 1.54) is 11.3 Å². The molecule has 1 fully saturated rings. The molecule has 1 aromatic carbocycles. The zero-order chi connectivity index (χ0) is 25.8. The van der Waals surface area contributed by atoms with Crippen LogP contribution in [-0.2, 0) is 9.63 Å². The maximum Gasteiger partial charge on any atom is 0.261 e. The van der Waals surface area contributed by atoms with Gasteiger partial charge in [-0.1, -0.05) is 17.3 Å². The van der Waals surface area contributed by atoms with Gasteiger partial charge in [0.2, 0.25) is 11.9 Å². The summed E-state index contributed by atoms with van der Waals surface area (Å²) in [5.74, 6) is 0.0251. The van der Waals surface area contributed by atoms with Gasteiger partial charge in [0, 0.05) is 48.5 Å². The smallest absolute Gasteiger partial charge is 0.261 e. The summed E-state index contributed by atoms with van der Waals surface area (Å²) in [6, 6.07) is 13.5. The van der Waals surface area contributed by atoms with Gasteiger partial charge < -0.3 is 25.4 Å². The highest BCUT2D eigenvalue weighted by Crippen LogP contribution is 2.29. The zero-order valence-corrected chi connectivity index (χ0v) is 21.2. The maximum atomic E-state index is 12.5. The lowest BCUT2D eigenvalue weighted by molar-refractivity contribution is -0.128. The molecular formula is C26H27N7O3S. The molecular weight excluding hydrogens is 490 g/mol. The Balaban J connectivity index is 1.51. The molecule has 0 aliphatic carbocycles. The van der Waals surface area contributed by atoms with E-state index in [2.05, 4.69) is 20.4 Å². The minimum atomic E-state index is -0.184. The molecule has 0 bridgehead atoms. The minimum absolute atomic E-state index is 0.0751. The van der Waals surface area contributed by atoms with E-state index in [0.717, 1.165) is 24.2 Å². The second-order valence-electron chi connectivity index (χ2n) is 8.51. The van der Waals surface area contributed by atoms with Gasteiger partial charge in [0.1, 0.15) is 22.8 Å². The summed E-state index contributed by atoms with van der Waals surface area (Å²) in [5.41, 5.74) is 8.75. The molecule has 11 heteroatoms. The number of thiophene rings is 1. The number of oxime groups is 1. The summed E-state index contributed by atoms with van der Waals surface area (Å²) in [5, 5.41) is 7.93. The van der Waals surface area contributed by atoms with E-state index in [4.69, 9.17) is 10.6 Å². The van der Waals surface area contributed by atoms with Crippen LogP contribution in [0, 0.1) is 0 Å². The lowest BCUT2D eigenvalue weighted by Gasteiger charge is -2.14. The van der Waals surface area contributed by atoms with Gasteiger partial charge in [0.05, 0.1) is 11.4 Å². The number of carbonyl (C=O) groups is 2. The third-order valence-electron chi connectivity index (χ3n) is 6.02. The Morgan fingerprint density at radius 2 is 2.00 bits per heavy atom. The van der Waals surface area contributed by atoms with E-state index in [-0.39, 0.29) is 24.4 Å². The zero-order valence-electron chi connectivity index (χ0n) is 20.4. The van der Waals surface area contributed by atoms with Gasteiger partial charge in [-0.05, 0) is 43.7 Å². The molecule has 190 valence electrons. The summed E-state index contributed by atoms with van der Waals surface area (Å²) >= 11 is 1.25. The van der Waals surface area contributed by atoms with Gasteiger partial charge in [0.25, 0.3) is 5.91 Å². The van der Waals surface area contributed by atoms with Gasteiger partial charge >= 0.3 is 0 Å². The van der Waals surface area contributed by atoms with Gasteiger partial charge in [-0.15, -0.1) is 11.3 Å². The molecule has 1 saturated heterocycles. The van der Waals surface area contributed by atoms with Crippen molar-refractivity contribution in [3.05, 3.63) is 71.0 Å². The first kappa shape index (κ1) is 24.4. The summed E-state index contributed by atoms with van der Waals surface area (Å²) in [6.07, 6.45) is 5.38. The Kier molecular flexibility index (Phi) is 7.13. The van der Waals surface area contributed by atoms with Crippen LogP contribution >= 0.6 is 11.3 Å². The van der Waals surface area contributed by atoms with Crippen LogP contribution in [-0.4, -0.2) is 63.2 Å². The molecule has 37 heavy (non-hydrogen) atoms. The van der Waals surface area contributed by atoms with Crippen LogP contribution in [0.3, 0.4) is 0 Å². The second kappa shape index (κ2) is 10.8. The minimum Gasteiger partial charge on any atom is -0.393 e. The normalized spacial score (nSPS) is 13.9. The average Bonchev–Trinajstić information content (AvgIpc) is 3.66. The predicted octanol–water partition coefficient (Wildman–Crippen LogP) is 3.21. The number of anilines is 1. The molecule has 4 aromatic rings. The molecule has 0 spiro atoms. The van der Waals surface area contributed by atoms with Crippen LogP contribution in [0.1, 0.15) is 40.7 Å². The number of likely N-dealkylation sites (tertiary alicyclic amines) is 1. The fourth-order valence-electron chi connectivity index (χ4n) is 4.21. The molecule has 3 aromatic heterocycles. The number of nitrogens with one attached hydrogen (secondary N) is 1. The number of rotatable bonds is 9. The number of nitrogen functional groups attached to an aromatic ring is 1. The predicted molar refractivity (Wildman–Crippen MR) is 143 cm³/mol. The molecule has 0 radical (unpaired) electrons. The molecule has 1 aliphatic heterocycles. The number of amides is 2. The summed E-state index contributed by atoms with van der Waals surface area (Å²) < 4.78 is 2.00. The van der Waals surface area contributed by atoms with Crippen molar-refractivity contribution in [2.75, 3.05) is 32.0 Å². The summed E-state index contributed by atoms with van der Waals surface area (Å²) in [4.78, 5) is 41.8. The molecule has 0 saturated carbocycles. The van der Waals surface area contributed by atoms with Crippen molar-refractivity contribution >= 4 is 45.0 Å². The number of carbonyl (C=O) groups excluding carboxylic acids is 2. The third-order valence-corrected chi connectivity index (χ3v) is 7.05. The van der Waals surface area contributed by atoms with Crippen LogP contribution < -0.4 is 11.1 Å². The van der Waals surface area contributed by atoms with Crippen LogP contribution in [0.5, 0.6) is 0 Å². The molecule has 10 nitrogen and oxygen atoms in total.